The Morgan fingerprint density at radius 2 is 1.60 bits per heavy atom. The summed E-state index contributed by atoms with van der Waals surface area (Å²) in [6.45, 7) is 9.18. The van der Waals surface area contributed by atoms with E-state index in [0.29, 0.717) is 13.1 Å². The van der Waals surface area contributed by atoms with Gasteiger partial charge in [0.2, 0.25) is 0 Å². The SMILES string of the molecule is COc1ccc(N2CCN(C(=O)c3c(C)c(-c4cc(C)ccc4C)nc4ccccc34)CC2)cc1. The molecule has 1 amide bonds. The summed E-state index contributed by atoms with van der Waals surface area (Å²) >= 11 is 0. The lowest BCUT2D eigenvalue weighted by Gasteiger charge is -2.36. The van der Waals surface area contributed by atoms with Gasteiger partial charge in [-0.15, -0.1) is 0 Å². The average Bonchev–Trinajstić information content (AvgIpc) is 2.89. The molecule has 0 N–H and O–H groups in total. The highest BCUT2D eigenvalue weighted by Crippen LogP contribution is 2.33. The van der Waals surface area contributed by atoms with E-state index in [9.17, 15) is 4.79 Å². The molecule has 0 unspecified atom stereocenters. The minimum Gasteiger partial charge on any atom is -0.497 e. The molecular formula is C30H31N3O2. The first-order chi connectivity index (χ1) is 17.0. The number of piperazine rings is 1. The number of anilines is 1. The molecule has 5 heteroatoms. The number of pyridine rings is 1. The minimum absolute atomic E-state index is 0.0852. The van der Waals surface area contributed by atoms with E-state index in [1.807, 2.05) is 48.2 Å². The van der Waals surface area contributed by atoms with Gasteiger partial charge in [-0.25, -0.2) is 4.98 Å². The summed E-state index contributed by atoms with van der Waals surface area (Å²) in [7, 11) is 1.68. The van der Waals surface area contributed by atoms with E-state index < -0.39 is 0 Å². The van der Waals surface area contributed by atoms with Gasteiger partial charge in [0.15, 0.2) is 0 Å². The molecule has 1 aliphatic rings. The van der Waals surface area contributed by atoms with Gasteiger partial charge in [-0.1, -0.05) is 35.9 Å². The zero-order chi connectivity index (χ0) is 24.5. The fourth-order valence-electron chi connectivity index (χ4n) is 4.95. The predicted molar refractivity (Wildman–Crippen MR) is 143 cm³/mol. The van der Waals surface area contributed by atoms with Crippen molar-refractivity contribution >= 4 is 22.5 Å². The summed E-state index contributed by atoms with van der Waals surface area (Å²) in [6, 6.07) is 22.5. The highest BCUT2D eigenvalue weighted by Gasteiger charge is 2.27. The smallest absolute Gasteiger partial charge is 0.255 e. The van der Waals surface area contributed by atoms with Crippen molar-refractivity contribution in [2.45, 2.75) is 20.8 Å². The Balaban J connectivity index is 1.48. The summed E-state index contributed by atoms with van der Waals surface area (Å²) in [5, 5.41) is 0.918. The molecule has 1 aliphatic heterocycles. The monoisotopic (exact) mass is 465 g/mol. The maximum Gasteiger partial charge on any atom is 0.255 e. The van der Waals surface area contributed by atoms with E-state index in [-0.39, 0.29) is 5.91 Å². The fourth-order valence-corrected chi connectivity index (χ4v) is 4.95. The number of rotatable bonds is 4. The van der Waals surface area contributed by atoms with Crippen LogP contribution in [0.3, 0.4) is 0 Å². The van der Waals surface area contributed by atoms with Crippen molar-refractivity contribution in [1.29, 1.82) is 0 Å². The van der Waals surface area contributed by atoms with E-state index in [0.717, 1.165) is 63.4 Å². The van der Waals surface area contributed by atoms with Crippen molar-refractivity contribution in [3.05, 3.63) is 89.0 Å². The van der Waals surface area contributed by atoms with Gasteiger partial charge in [0, 0.05) is 42.8 Å². The van der Waals surface area contributed by atoms with Crippen LogP contribution in [0.5, 0.6) is 5.75 Å². The molecule has 0 saturated carbocycles. The normalized spacial score (nSPS) is 13.8. The van der Waals surface area contributed by atoms with E-state index in [1.54, 1.807) is 7.11 Å². The second kappa shape index (κ2) is 9.41. The highest BCUT2D eigenvalue weighted by atomic mass is 16.5. The number of hydrogen-bond acceptors (Lipinski definition) is 4. The molecule has 178 valence electrons. The van der Waals surface area contributed by atoms with Crippen LogP contribution in [0.25, 0.3) is 22.2 Å². The molecule has 1 aromatic heterocycles. The van der Waals surface area contributed by atoms with Gasteiger partial charge in [-0.2, -0.15) is 0 Å². The third-order valence-electron chi connectivity index (χ3n) is 7.00. The number of amides is 1. The van der Waals surface area contributed by atoms with Gasteiger partial charge in [-0.3, -0.25) is 4.79 Å². The number of ether oxygens (including phenoxy) is 1. The third-order valence-corrected chi connectivity index (χ3v) is 7.00. The van der Waals surface area contributed by atoms with Crippen molar-refractivity contribution in [2.24, 2.45) is 0 Å². The van der Waals surface area contributed by atoms with Gasteiger partial charge in [0.05, 0.1) is 23.9 Å². The molecule has 1 saturated heterocycles. The second-order valence-corrected chi connectivity index (χ2v) is 9.27. The number of para-hydroxylation sites is 1. The molecule has 5 nitrogen and oxygen atoms in total. The number of fused-ring (bicyclic) bond motifs is 1. The quantitative estimate of drug-likeness (QED) is 0.382. The topological polar surface area (TPSA) is 45.7 Å². The van der Waals surface area contributed by atoms with Gasteiger partial charge >= 0.3 is 0 Å². The standard InChI is InChI=1S/C30H31N3O2/c1-20-9-10-21(2)26(19-20)29-22(3)28(25-7-5-6-8-27(25)31-29)30(34)33-17-15-32(16-18-33)23-11-13-24(35-4)14-12-23/h5-14,19H,15-18H2,1-4H3. The van der Waals surface area contributed by atoms with Crippen LogP contribution in [0.4, 0.5) is 5.69 Å². The molecule has 0 bridgehead atoms. The van der Waals surface area contributed by atoms with E-state index in [4.69, 9.17) is 9.72 Å². The lowest BCUT2D eigenvalue weighted by atomic mass is 9.94. The van der Waals surface area contributed by atoms with Gasteiger partial charge in [-0.05, 0) is 68.3 Å². The lowest BCUT2D eigenvalue weighted by Crippen LogP contribution is -2.49. The summed E-state index contributed by atoms with van der Waals surface area (Å²) < 4.78 is 5.28. The number of carbonyl (C=O) groups is 1. The maximum absolute atomic E-state index is 14.0. The maximum atomic E-state index is 14.0. The molecule has 35 heavy (non-hydrogen) atoms. The molecule has 0 spiro atoms. The molecule has 4 aromatic rings. The molecule has 5 rings (SSSR count). The van der Waals surface area contributed by atoms with Crippen LogP contribution in [-0.4, -0.2) is 49.1 Å². The molecule has 0 radical (unpaired) electrons. The van der Waals surface area contributed by atoms with Crippen LogP contribution in [0.15, 0.2) is 66.7 Å². The number of methoxy groups -OCH3 is 1. The van der Waals surface area contributed by atoms with Crippen LogP contribution >= 0.6 is 0 Å². The van der Waals surface area contributed by atoms with E-state index >= 15 is 0 Å². The van der Waals surface area contributed by atoms with Crippen molar-refractivity contribution in [3.63, 3.8) is 0 Å². The molecule has 2 heterocycles. The molecule has 0 atom stereocenters. The zero-order valence-corrected chi connectivity index (χ0v) is 20.8. The fraction of sp³-hybridized carbons (Fsp3) is 0.267. The Kier molecular flexibility index (Phi) is 6.16. The Bertz CT molecular complexity index is 1390. The summed E-state index contributed by atoms with van der Waals surface area (Å²) in [5.74, 6) is 0.935. The minimum atomic E-state index is 0.0852. The van der Waals surface area contributed by atoms with Crippen molar-refractivity contribution in [2.75, 3.05) is 38.2 Å². The Hall–Kier alpha value is -3.86. The van der Waals surface area contributed by atoms with E-state index in [1.165, 1.54) is 5.56 Å². The Morgan fingerprint density at radius 3 is 2.31 bits per heavy atom. The van der Waals surface area contributed by atoms with Crippen LogP contribution in [0.1, 0.15) is 27.0 Å². The summed E-state index contributed by atoms with van der Waals surface area (Å²) in [6.07, 6.45) is 0. The predicted octanol–water partition coefficient (Wildman–Crippen LogP) is 5.80. The van der Waals surface area contributed by atoms with Crippen molar-refractivity contribution in [3.8, 4) is 17.0 Å². The van der Waals surface area contributed by atoms with Crippen LogP contribution in [0.2, 0.25) is 0 Å². The number of aryl methyl sites for hydroxylation is 2. The van der Waals surface area contributed by atoms with Gasteiger partial charge < -0.3 is 14.5 Å². The van der Waals surface area contributed by atoms with Crippen molar-refractivity contribution < 1.29 is 9.53 Å². The van der Waals surface area contributed by atoms with E-state index in [2.05, 4.69) is 49.1 Å². The average molecular weight is 466 g/mol. The highest BCUT2D eigenvalue weighted by molar-refractivity contribution is 6.09. The first-order valence-electron chi connectivity index (χ1n) is 12.1. The van der Waals surface area contributed by atoms with Crippen molar-refractivity contribution in [1.82, 2.24) is 9.88 Å². The zero-order valence-electron chi connectivity index (χ0n) is 20.8. The largest absolute Gasteiger partial charge is 0.497 e. The van der Waals surface area contributed by atoms with Crippen LogP contribution < -0.4 is 9.64 Å². The molecular weight excluding hydrogens is 434 g/mol. The Morgan fingerprint density at radius 1 is 0.886 bits per heavy atom. The third kappa shape index (κ3) is 4.34. The van der Waals surface area contributed by atoms with Gasteiger partial charge in [0.1, 0.15) is 5.75 Å². The number of carbonyl (C=O) groups excluding carboxylic acids is 1. The number of hydrogen-bond donors (Lipinski definition) is 0. The lowest BCUT2D eigenvalue weighted by molar-refractivity contribution is 0.0748. The summed E-state index contributed by atoms with van der Waals surface area (Å²) in [5.41, 5.74) is 8.05. The molecule has 1 fully saturated rings. The number of benzene rings is 3. The second-order valence-electron chi connectivity index (χ2n) is 9.27. The first-order valence-corrected chi connectivity index (χ1v) is 12.1. The number of aromatic nitrogens is 1. The summed E-state index contributed by atoms with van der Waals surface area (Å²) in [4.78, 5) is 23.3. The molecule has 0 aliphatic carbocycles. The van der Waals surface area contributed by atoms with Crippen LogP contribution in [-0.2, 0) is 0 Å². The Labute approximate surface area is 207 Å². The van der Waals surface area contributed by atoms with Gasteiger partial charge in [0.25, 0.3) is 5.91 Å². The number of nitrogens with zero attached hydrogens (tertiary/aromatic N) is 3. The van der Waals surface area contributed by atoms with Crippen LogP contribution in [0, 0.1) is 20.8 Å². The first kappa shape index (κ1) is 22.9. The molecule has 3 aromatic carbocycles.